The van der Waals surface area contributed by atoms with Crippen molar-refractivity contribution in [2.24, 2.45) is 0 Å². The molecule has 0 aliphatic carbocycles. The van der Waals surface area contributed by atoms with E-state index in [1.807, 2.05) is 9.80 Å². The number of amides is 1. The van der Waals surface area contributed by atoms with Gasteiger partial charge in [-0.1, -0.05) is 18.2 Å². The normalized spacial score (nSPS) is 19.2. The highest BCUT2D eigenvalue weighted by Crippen LogP contribution is 2.32. The molecule has 0 bridgehead atoms. The first-order valence-corrected chi connectivity index (χ1v) is 10.9. The number of sulfonamides is 1. The molecule has 0 aromatic heterocycles. The molecular weight excluding hydrogens is 419 g/mol. The third-order valence-electron chi connectivity index (χ3n) is 5.44. The minimum Gasteiger partial charge on any atom is -0.369 e. The van der Waals surface area contributed by atoms with E-state index in [2.05, 4.69) is 0 Å². The lowest BCUT2D eigenvalue weighted by atomic mass is 10.1. The molecule has 1 amide bonds. The van der Waals surface area contributed by atoms with Crippen LogP contribution in [0.15, 0.2) is 53.4 Å². The molecule has 30 heavy (non-hydrogen) atoms. The highest BCUT2D eigenvalue weighted by Gasteiger charge is 2.40. The fraction of sp³-hybridized carbons (Fsp3) is 0.350. The molecule has 0 radical (unpaired) electrons. The first kappa shape index (κ1) is 20.7. The zero-order chi connectivity index (χ0) is 21.5. The fourth-order valence-corrected chi connectivity index (χ4v) is 5.35. The molecule has 0 N–H and O–H groups in total. The van der Waals surface area contributed by atoms with Gasteiger partial charge in [-0.3, -0.25) is 9.69 Å². The quantitative estimate of drug-likeness (QED) is 0.733. The van der Waals surface area contributed by atoms with Crippen LogP contribution in [0.5, 0.6) is 0 Å². The van der Waals surface area contributed by atoms with E-state index in [0.717, 1.165) is 16.4 Å². The van der Waals surface area contributed by atoms with E-state index in [-0.39, 0.29) is 17.0 Å². The van der Waals surface area contributed by atoms with Crippen LogP contribution in [-0.2, 0) is 16.2 Å². The van der Waals surface area contributed by atoms with E-state index < -0.39 is 27.7 Å². The van der Waals surface area contributed by atoms with Crippen molar-refractivity contribution in [2.45, 2.75) is 11.1 Å². The van der Waals surface area contributed by atoms with E-state index in [1.54, 1.807) is 18.2 Å². The van der Waals surface area contributed by atoms with Crippen molar-refractivity contribution in [1.82, 2.24) is 9.21 Å². The Balaban J connectivity index is 1.36. The number of benzene rings is 2. The van der Waals surface area contributed by atoms with Gasteiger partial charge in [0.2, 0.25) is 0 Å². The van der Waals surface area contributed by atoms with E-state index in [1.165, 1.54) is 18.2 Å². The number of carbonyl (C=O) groups is 1. The molecule has 2 aliphatic rings. The van der Waals surface area contributed by atoms with E-state index in [0.29, 0.717) is 38.4 Å². The second kappa shape index (κ2) is 7.59. The molecule has 0 spiro atoms. The number of anilines is 1. The van der Waals surface area contributed by atoms with Gasteiger partial charge in [0, 0.05) is 38.4 Å². The lowest BCUT2D eigenvalue weighted by Crippen LogP contribution is -2.49. The maximum absolute atomic E-state index is 12.9. The van der Waals surface area contributed by atoms with Gasteiger partial charge in [0.1, 0.15) is 4.90 Å². The molecule has 2 heterocycles. The number of carbonyl (C=O) groups excluding carboxylic acids is 1. The van der Waals surface area contributed by atoms with Gasteiger partial charge in [-0.2, -0.15) is 13.2 Å². The predicted octanol–water partition coefficient (Wildman–Crippen LogP) is 2.67. The van der Waals surface area contributed by atoms with Crippen molar-refractivity contribution < 1.29 is 26.4 Å². The van der Waals surface area contributed by atoms with E-state index in [9.17, 15) is 26.4 Å². The average molecular weight is 439 g/mol. The van der Waals surface area contributed by atoms with Crippen LogP contribution < -0.4 is 4.90 Å². The monoisotopic (exact) mass is 439 g/mol. The van der Waals surface area contributed by atoms with Gasteiger partial charge >= 0.3 is 6.18 Å². The van der Waals surface area contributed by atoms with Crippen molar-refractivity contribution in [1.29, 1.82) is 0 Å². The summed E-state index contributed by atoms with van der Waals surface area (Å²) in [6.07, 6.45) is -4.39. The number of fused-ring (bicyclic) bond motifs is 1. The molecule has 2 aliphatic heterocycles. The second-order valence-corrected chi connectivity index (χ2v) is 9.09. The smallest absolute Gasteiger partial charge is 0.369 e. The Bertz CT molecular complexity index is 1060. The number of alkyl halides is 3. The van der Waals surface area contributed by atoms with Crippen LogP contribution in [0.25, 0.3) is 0 Å². The molecule has 1 saturated heterocycles. The first-order chi connectivity index (χ1) is 14.2. The van der Waals surface area contributed by atoms with Crippen LogP contribution in [0.4, 0.5) is 18.9 Å². The molecule has 0 atom stereocenters. The number of piperazine rings is 1. The summed E-state index contributed by atoms with van der Waals surface area (Å²) in [6.45, 7) is 2.57. The van der Waals surface area contributed by atoms with E-state index in [4.69, 9.17) is 0 Å². The Kier molecular flexibility index (Phi) is 5.23. The molecule has 10 heteroatoms. The lowest BCUT2D eigenvalue weighted by Gasteiger charge is -2.36. The topological polar surface area (TPSA) is 60.9 Å². The van der Waals surface area contributed by atoms with E-state index >= 15 is 0 Å². The van der Waals surface area contributed by atoms with Crippen LogP contribution in [0.3, 0.4) is 0 Å². The molecule has 2 aromatic rings. The Labute approximate surface area is 172 Å². The molecule has 2 aromatic carbocycles. The summed E-state index contributed by atoms with van der Waals surface area (Å²) < 4.78 is 64.9. The first-order valence-electron chi connectivity index (χ1n) is 9.48. The Morgan fingerprint density at radius 2 is 1.60 bits per heavy atom. The molecule has 0 saturated carbocycles. The fourth-order valence-electron chi connectivity index (χ4n) is 3.79. The zero-order valence-corrected chi connectivity index (χ0v) is 16.8. The standard InChI is InChI=1S/C20H20F3N3O3S/c21-20(22,23)15-4-3-5-16(14-15)25-11-8-24(9-12-25)10-13-26-19(27)17-6-1-2-7-18(17)30(26,28)29/h1-7,14H,8-13H2. The highest BCUT2D eigenvalue weighted by atomic mass is 32.2. The number of nitrogens with zero attached hydrogens (tertiary/aromatic N) is 3. The van der Waals surface area contributed by atoms with Crippen molar-refractivity contribution in [3.63, 3.8) is 0 Å². The zero-order valence-electron chi connectivity index (χ0n) is 16.0. The lowest BCUT2D eigenvalue weighted by molar-refractivity contribution is -0.137. The minimum absolute atomic E-state index is 0.0318. The molecule has 6 nitrogen and oxygen atoms in total. The van der Waals surface area contributed by atoms with Gasteiger partial charge in [0.05, 0.1) is 17.7 Å². The summed E-state index contributed by atoms with van der Waals surface area (Å²) in [5.41, 5.74) is 0.0174. The summed E-state index contributed by atoms with van der Waals surface area (Å²) in [7, 11) is -3.83. The summed E-state index contributed by atoms with van der Waals surface area (Å²) in [6, 6.07) is 11.4. The maximum atomic E-state index is 12.9. The van der Waals surface area contributed by atoms with Crippen molar-refractivity contribution in [3.05, 3.63) is 59.7 Å². The molecular formula is C20H20F3N3O3S. The van der Waals surface area contributed by atoms with Gasteiger partial charge in [-0.05, 0) is 30.3 Å². The minimum atomic E-state index is -4.39. The molecule has 0 unspecified atom stereocenters. The van der Waals surface area contributed by atoms with Crippen LogP contribution in [0.2, 0.25) is 0 Å². The summed E-state index contributed by atoms with van der Waals surface area (Å²) >= 11 is 0. The van der Waals surface area contributed by atoms with Gasteiger partial charge in [0.15, 0.2) is 0 Å². The summed E-state index contributed by atoms with van der Waals surface area (Å²) in [5, 5.41) is 0. The SMILES string of the molecule is O=C1c2ccccc2S(=O)(=O)N1CCN1CCN(c2cccc(C(F)(F)F)c2)CC1. The number of hydrogen-bond acceptors (Lipinski definition) is 5. The predicted molar refractivity (Wildman–Crippen MR) is 105 cm³/mol. The summed E-state index contributed by atoms with van der Waals surface area (Å²) in [5.74, 6) is -0.520. The summed E-state index contributed by atoms with van der Waals surface area (Å²) in [4.78, 5) is 16.4. The van der Waals surface area contributed by atoms with Crippen LogP contribution in [0, 0.1) is 0 Å². The Morgan fingerprint density at radius 3 is 2.27 bits per heavy atom. The van der Waals surface area contributed by atoms with Crippen LogP contribution in [0.1, 0.15) is 15.9 Å². The Morgan fingerprint density at radius 1 is 0.900 bits per heavy atom. The average Bonchev–Trinajstić information content (AvgIpc) is 2.92. The third kappa shape index (κ3) is 3.77. The van der Waals surface area contributed by atoms with Gasteiger partial charge in [0.25, 0.3) is 15.9 Å². The van der Waals surface area contributed by atoms with Crippen LogP contribution >= 0.6 is 0 Å². The Hall–Kier alpha value is -2.59. The molecule has 160 valence electrons. The van der Waals surface area contributed by atoms with Crippen molar-refractivity contribution in [2.75, 3.05) is 44.2 Å². The molecule has 4 rings (SSSR count). The van der Waals surface area contributed by atoms with Crippen LogP contribution in [-0.4, -0.2) is 62.8 Å². The van der Waals surface area contributed by atoms with Crippen molar-refractivity contribution >= 4 is 21.6 Å². The molecule has 1 fully saturated rings. The number of hydrogen-bond donors (Lipinski definition) is 0. The third-order valence-corrected chi connectivity index (χ3v) is 7.28. The van der Waals surface area contributed by atoms with Gasteiger partial charge < -0.3 is 4.90 Å². The highest BCUT2D eigenvalue weighted by molar-refractivity contribution is 7.90. The van der Waals surface area contributed by atoms with Crippen molar-refractivity contribution in [3.8, 4) is 0 Å². The maximum Gasteiger partial charge on any atom is 0.416 e. The second-order valence-electron chi connectivity index (χ2n) is 7.26. The number of halogens is 3. The largest absolute Gasteiger partial charge is 0.416 e. The number of rotatable bonds is 4. The van der Waals surface area contributed by atoms with Gasteiger partial charge in [-0.25, -0.2) is 12.7 Å². The van der Waals surface area contributed by atoms with Gasteiger partial charge in [-0.15, -0.1) is 0 Å².